The number of halogens is 1. The Hall–Kier alpha value is -4.18. The van der Waals surface area contributed by atoms with Gasteiger partial charge in [-0.05, 0) is 80.1 Å². The maximum absolute atomic E-state index is 14.0. The van der Waals surface area contributed by atoms with Gasteiger partial charge in [0, 0.05) is 58.9 Å². The van der Waals surface area contributed by atoms with Crippen LogP contribution in [0.3, 0.4) is 0 Å². The highest BCUT2D eigenvalue weighted by Crippen LogP contribution is 2.28. The van der Waals surface area contributed by atoms with Gasteiger partial charge in [0.05, 0.1) is 41.8 Å². The summed E-state index contributed by atoms with van der Waals surface area (Å²) in [5, 5.41) is 14.1. The molecule has 0 radical (unpaired) electrons. The van der Waals surface area contributed by atoms with E-state index in [0.29, 0.717) is 24.4 Å². The van der Waals surface area contributed by atoms with Gasteiger partial charge in [0.25, 0.3) is 11.8 Å². The number of carbonyl (C=O) groups excluding carboxylic acids is 3. The van der Waals surface area contributed by atoms with E-state index in [2.05, 4.69) is 47.2 Å². The Balaban J connectivity index is 1.43. The number of amides is 3. The van der Waals surface area contributed by atoms with Crippen molar-refractivity contribution in [1.29, 1.82) is 0 Å². The highest BCUT2D eigenvalue weighted by Gasteiger charge is 2.26. The number of carbonyl (C=O) groups is 3. The van der Waals surface area contributed by atoms with Crippen LogP contribution >= 0.6 is 27.3 Å². The van der Waals surface area contributed by atoms with Crippen molar-refractivity contribution in [2.75, 3.05) is 23.7 Å². The number of nitrogens with zero attached hydrogens (tertiary/aromatic N) is 3. The zero-order chi connectivity index (χ0) is 36.5. The molecule has 2 aromatic heterocycles. The topological polar surface area (TPSA) is 162 Å². The largest absolute Gasteiger partial charge is 0.354 e. The number of benzene rings is 2. The fraction of sp³-hybridized carbons (Fsp3) is 0.361. The Bertz CT molecular complexity index is 1910. The fourth-order valence-electron chi connectivity index (χ4n) is 5.33. The molecule has 51 heavy (non-hydrogen) atoms. The lowest BCUT2D eigenvalue weighted by Gasteiger charge is -2.25. The summed E-state index contributed by atoms with van der Waals surface area (Å²) in [4.78, 5) is 48.9. The lowest BCUT2D eigenvalue weighted by atomic mass is 10.0. The van der Waals surface area contributed by atoms with Crippen molar-refractivity contribution in [3.05, 3.63) is 110 Å². The van der Waals surface area contributed by atoms with Crippen LogP contribution in [0.2, 0.25) is 0 Å². The maximum atomic E-state index is 14.0. The second-order valence-electron chi connectivity index (χ2n) is 12.8. The van der Waals surface area contributed by atoms with Gasteiger partial charge in [0.1, 0.15) is 0 Å². The lowest BCUT2D eigenvalue weighted by Crippen LogP contribution is -2.49. The molecule has 0 bridgehead atoms. The number of nitrogens with one attached hydrogen (secondary N) is 4. The number of pyridine rings is 1. The number of sulfonamides is 1. The smallest absolute Gasteiger partial charge is 0.251 e. The minimum Gasteiger partial charge on any atom is -0.354 e. The van der Waals surface area contributed by atoms with Gasteiger partial charge in [0.15, 0.2) is 0 Å². The molecular formula is C36H42BrN7O5S2. The SMILES string of the molecule is CC(NC(=O)c1cc(C(=O)N[C@H](CN[C@@H](C)C(=O)NCC2CC2)Cc2cscn2)cc(N(Cc2ccc(Br)cc2)S(C)(=O)=O)c1)c1cccnc1. The first kappa shape index (κ1) is 38.1. The highest BCUT2D eigenvalue weighted by molar-refractivity contribution is 9.10. The Labute approximate surface area is 311 Å². The van der Waals surface area contributed by atoms with Crippen LogP contribution < -0.4 is 25.6 Å². The third kappa shape index (κ3) is 11.4. The molecule has 3 atom stereocenters. The molecule has 5 rings (SSSR count). The number of anilines is 1. The molecule has 1 saturated carbocycles. The third-order valence-electron chi connectivity index (χ3n) is 8.50. The molecule has 1 unspecified atom stereocenters. The minimum absolute atomic E-state index is 0.0264. The molecule has 4 aromatic rings. The Morgan fingerprint density at radius 1 is 1.02 bits per heavy atom. The molecule has 1 aliphatic rings. The second-order valence-corrected chi connectivity index (χ2v) is 16.4. The average molecular weight is 797 g/mol. The summed E-state index contributed by atoms with van der Waals surface area (Å²) in [6, 6.07) is 13.8. The van der Waals surface area contributed by atoms with Crippen molar-refractivity contribution < 1.29 is 22.8 Å². The number of hydrogen-bond donors (Lipinski definition) is 4. The summed E-state index contributed by atoms with van der Waals surface area (Å²) in [6.07, 6.45) is 7.01. The quantitative estimate of drug-likeness (QED) is 0.121. The van der Waals surface area contributed by atoms with Crippen molar-refractivity contribution >= 4 is 60.7 Å². The molecule has 0 aliphatic heterocycles. The van der Waals surface area contributed by atoms with Gasteiger partial charge in [-0.2, -0.15) is 0 Å². The molecule has 0 spiro atoms. The molecule has 15 heteroatoms. The molecule has 12 nitrogen and oxygen atoms in total. The fourth-order valence-corrected chi connectivity index (χ4v) is 7.04. The van der Waals surface area contributed by atoms with Crippen LogP contribution in [0.15, 0.2) is 82.4 Å². The minimum atomic E-state index is -3.87. The van der Waals surface area contributed by atoms with E-state index in [-0.39, 0.29) is 35.8 Å². The third-order valence-corrected chi connectivity index (χ3v) is 10.8. The molecule has 0 saturated heterocycles. The van der Waals surface area contributed by atoms with Gasteiger partial charge >= 0.3 is 0 Å². The zero-order valence-corrected chi connectivity index (χ0v) is 31.9. The average Bonchev–Trinajstić information content (AvgIpc) is 3.81. The summed E-state index contributed by atoms with van der Waals surface area (Å²) in [6.45, 7) is 4.48. The zero-order valence-electron chi connectivity index (χ0n) is 28.6. The standard InChI is InChI=1S/C36H42BrN7O5S2/c1-23(27-5-4-12-38-18-27)42-35(46)28-13-29(15-33(14-28)44(51(3,48)49)20-26-8-10-30(37)11-9-26)36(47)43-31(16-32-21-50-22-41-32)19-39-24(2)34(45)40-17-25-6-7-25/h4-5,8-15,18,21-25,31,39H,6-7,16-17,19-20H2,1-3H3,(H,40,45)(H,42,46)(H,43,47)/t23?,24-,31-/m0/s1. The number of rotatable bonds is 17. The second kappa shape index (κ2) is 17.4. The van der Waals surface area contributed by atoms with Crippen molar-refractivity contribution in [2.45, 2.75) is 57.8 Å². The van der Waals surface area contributed by atoms with E-state index in [1.54, 1.807) is 43.0 Å². The van der Waals surface area contributed by atoms with Crippen LogP contribution in [0.25, 0.3) is 0 Å². The summed E-state index contributed by atoms with van der Waals surface area (Å²) in [5.41, 5.74) is 4.32. The summed E-state index contributed by atoms with van der Waals surface area (Å²) in [5.74, 6) is -0.578. The Kier molecular flexibility index (Phi) is 13.0. The van der Waals surface area contributed by atoms with Gasteiger partial charge in [0.2, 0.25) is 15.9 Å². The molecule has 4 N–H and O–H groups in total. The van der Waals surface area contributed by atoms with Crippen LogP contribution in [-0.4, -0.2) is 67.5 Å². The first-order chi connectivity index (χ1) is 24.4. The normalized spacial score (nSPS) is 14.6. The molecular weight excluding hydrogens is 754 g/mol. The van der Waals surface area contributed by atoms with Crippen LogP contribution in [0.1, 0.15) is 70.3 Å². The van der Waals surface area contributed by atoms with E-state index in [4.69, 9.17) is 0 Å². The molecule has 3 amide bonds. The molecule has 1 aliphatic carbocycles. The van der Waals surface area contributed by atoms with Crippen LogP contribution in [0.4, 0.5) is 5.69 Å². The van der Waals surface area contributed by atoms with E-state index < -0.39 is 40.0 Å². The van der Waals surface area contributed by atoms with Crippen LogP contribution in [0.5, 0.6) is 0 Å². The highest BCUT2D eigenvalue weighted by atomic mass is 79.9. The molecule has 270 valence electrons. The van der Waals surface area contributed by atoms with Crippen molar-refractivity contribution in [3.63, 3.8) is 0 Å². The van der Waals surface area contributed by atoms with Crippen molar-refractivity contribution in [2.24, 2.45) is 5.92 Å². The predicted octanol–water partition coefficient (Wildman–Crippen LogP) is 4.60. The maximum Gasteiger partial charge on any atom is 0.251 e. The van der Waals surface area contributed by atoms with Crippen LogP contribution in [-0.2, 0) is 27.8 Å². The van der Waals surface area contributed by atoms with Gasteiger partial charge in [-0.3, -0.25) is 23.7 Å². The first-order valence-corrected chi connectivity index (χ1v) is 20.2. The van der Waals surface area contributed by atoms with Gasteiger partial charge in [-0.25, -0.2) is 13.4 Å². The Morgan fingerprint density at radius 2 is 1.73 bits per heavy atom. The summed E-state index contributed by atoms with van der Waals surface area (Å²) in [7, 11) is -3.87. The summed E-state index contributed by atoms with van der Waals surface area (Å²) < 4.78 is 28.5. The van der Waals surface area contributed by atoms with Gasteiger partial charge < -0.3 is 21.3 Å². The van der Waals surface area contributed by atoms with E-state index in [0.717, 1.165) is 34.8 Å². The molecule has 2 aromatic carbocycles. The van der Waals surface area contributed by atoms with Crippen molar-refractivity contribution in [3.8, 4) is 0 Å². The summed E-state index contributed by atoms with van der Waals surface area (Å²) >= 11 is 4.85. The van der Waals surface area contributed by atoms with E-state index in [1.165, 1.54) is 33.8 Å². The van der Waals surface area contributed by atoms with Crippen LogP contribution in [0, 0.1) is 5.92 Å². The van der Waals surface area contributed by atoms with Gasteiger partial charge in [-0.1, -0.05) is 34.1 Å². The van der Waals surface area contributed by atoms with E-state index in [9.17, 15) is 22.8 Å². The first-order valence-electron chi connectivity index (χ1n) is 16.6. The van der Waals surface area contributed by atoms with Gasteiger partial charge in [-0.15, -0.1) is 11.3 Å². The Morgan fingerprint density at radius 3 is 2.33 bits per heavy atom. The number of aromatic nitrogens is 2. The predicted molar refractivity (Wildman–Crippen MR) is 202 cm³/mol. The monoisotopic (exact) mass is 795 g/mol. The van der Waals surface area contributed by atoms with Crippen molar-refractivity contribution in [1.82, 2.24) is 31.2 Å². The molecule has 2 heterocycles. The molecule has 1 fully saturated rings. The number of hydrogen-bond acceptors (Lipinski definition) is 9. The lowest BCUT2D eigenvalue weighted by molar-refractivity contribution is -0.122. The number of thiazole rings is 1. The van der Waals surface area contributed by atoms with E-state index >= 15 is 0 Å². The van der Waals surface area contributed by atoms with E-state index in [1.807, 2.05) is 30.5 Å².